The Kier molecular flexibility index (Phi) is 5.79. The van der Waals surface area contributed by atoms with E-state index in [1.54, 1.807) is 10.9 Å². The van der Waals surface area contributed by atoms with E-state index in [4.69, 9.17) is 4.74 Å². The van der Waals surface area contributed by atoms with Gasteiger partial charge in [0.05, 0.1) is 22.8 Å². The summed E-state index contributed by atoms with van der Waals surface area (Å²) in [4.78, 5) is 40.7. The molecule has 0 spiro atoms. The molecule has 11 heteroatoms. The maximum absolute atomic E-state index is 12.9. The number of pyridine rings is 1. The van der Waals surface area contributed by atoms with E-state index < -0.39 is 17.9 Å². The summed E-state index contributed by atoms with van der Waals surface area (Å²) in [6.45, 7) is 3.94. The minimum atomic E-state index is -0.638. The number of amides is 3. The molecule has 1 atom stereocenters. The van der Waals surface area contributed by atoms with Crippen LogP contribution < -0.4 is 21.5 Å². The highest BCUT2D eigenvalue weighted by molar-refractivity contribution is 6.07. The average Bonchev–Trinajstić information content (AvgIpc) is 3.39. The van der Waals surface area contributed by atoms with Crippen LogP contribution in [0.15, 0.2) is 12.4 Å². The summed E-state index contributed by atoms with van der Waals surface area (Å²) < 4.78 is 7.18. The van der Waals surface area contributed by atoms with Gasteiger partial charge in [-0.3, -0.25) is 25.2 Å². The maximum Gasteiger partial charge on any atom is 0.273 e. The van der Waals surface area contributed by atoms with Crippen LogP contribution in [0, 0.1) is 0 Å². The average molecular weight is 415 g/mol. The number of hydrogen-bond acceptors (Lipinski definition) is 7. The Morgan fingerprint density at radius 1 is 1.23 bits per heavy atom. The van der Waals surface area contributed by atoms with E-state index in [0.29, 0.717) is 49.5 Å². The molecule has 4 heterocycles. The molecule has 0 aliphatic carbocycles. The summed E-state index contributed by atoms with van der Waals surface area (Å²) in [5, 5.41) is 11.1. The van der Waals surface area contributed by atoms with Gasteiger partial charge in [-0.2, -0.15) is 5.10 Å². The number of rotatable bonds is 5. The van der Waals surface area contributed by atoms with Crippen LogP contribution in [0.4, 0.5) is 5.69 Å². The molecule has 2 fully saturated rings. The predicted octanol–water partition coefficient (Wildman–Crippen LogP) is 0.0817. The number of fused-ring (bicyclic) bond motifs is 1. The lowest BCUT2D eigenvalue weighted by Gasteiger charge is -2.25. The minimum absolute atomic E-state index is 0.157. The third-order valence-electron chi connectivity index (χ3n) is 5.39. The Bertz CT molecular complexity index is 967. The van der Waals surface area contributed by atoms with E-state index in [2.05, 4.69) is 31.6 Å². The van der Waals surface area contributed by atoms with E-state index in [0.717, 1.165) is 18.2 Å². The van der Waals surface area contributed by atoms with Crippen molar-refractivity contribution in [2.75, 3.05) is 18.5 Å². The Morgan fingerprint density at radius 2 is 2.03 bits per heavy atom. The van der Waals surface area contributed by atoms with Gasteiger partial charge in [0.15, 0.2) is 5.65 Å². The fourth-order valence-corrected chi connectivity index (χ4v) is 3.72. The molecule has 160 valence electrons. The number of carbonyl (C=O) groups excluding carboxylic acids is 3. The maximum atomic E-state index is 12.9. The molecule has 3 amide bonds. The van der Waals surface area contributed by atoms with Gasteiger partial charge in [-0.15, -0.1) is 0 Å². The molecule has 4 rings (SSSR count). The number of carbonyl (C=O) groups is 3. The van der Waals surface area contributed by atoms with Crippen molar-refractivity contribution in [1.82, 2.24) is 30.9 Å². The number of nitrogens with zero attached hydrogens (tertiary/aromatic N) is 3. The number of hydrogen-bond donors (Lipinski definition) is 4. The monoisotopic (exact) mass is 415 g/mol. The van der Waals surface area contributed by atoms with Gasteiger partial charge in [0, 0.05) is 38.4 Å². The Morgan fingerprint density at radius 3 is 2.73 bits per heavy atom. The van der Waals surface area contributed by atoms with Crippen molar-refractivity contribution in [1.29, 1.82) is 0 Å². The first kappa shape index (κ1) is 20.1. The summed E-state index contributed by atoms with van der Waals surface area (Å²) in [5.41, 5.74) is 6.44. The minimum Gasteiger partial charge on any atom is -0.381 e. The first-order valence-electron chi connectivity index (χ1n) is 10.1. The zero-order valence-corrected chi connectivity index (χ0v) is 16.7. The lowest BCUT2D eigenvalue weighted by molar-refractivity contribution is -0.126. The highest BCUT2D eigenvalue weighted by Crippen LogP contribution is 2.28. The zero-order valence-electron chi connectivity index (χ0n) is 16.7. The standard InChI is InChI=1S/C19H25N7O4/c1-2-26-17-12(10-21-26)16(22-11-5-7-30-8-6-11)13(9-20-17)18(28)24-25-19(29)14-3-4-15(27)23-14/h9-11,14H,2-8H2,1H3,(H,20,22)(H,23,27)(H,24,28)(H,25,29). The first-order valence-corrected chi connectivity index (χ1v) is 10.1. The highest BCUT2D eigenvalue weighted by atomic mass is 16.5. The fourth-order valence-electron chi connectivity index (χ4n) is 3.72. The summed E-state index contributed by atoms with van der Waals surface area (Å²) >= 11 is 0. The van der Waals surface area contributed by atoms with Crippen molar-refractivity contribution in [3.63, 3.8) is 0 Å². The Hall–Kier alpha value is -3.21. The van der Waals surface area contributed by atoms with Gasteiger partial charge in [-0.05, 0) is 26.2 Å². The van der Waals surface area contributed by atoms with E-state index in [9.17, 15) is 14.4 Å². The Balaban J connectivity index is 1.55. The number of aryl methyl sites for hydroxylation is 1. The van der Waals surface area contributed by atoms with Crippen LogP contribution in [0.2, 0.25) is 0 Å². The van der Waals surface area contributed by atoms with Gasteiger partial charge in [-0.1, -0.05) is 0 Å². The summed E-state index contributed by atoms with van der Waals surface area (Å²) in [6.07, 6.45) is 5.53. The van der Waals surface area contributed by atoms with Crippen LogP contribution in [0.5, 0.6) is 0 Å². The predicted molar refractivity (Wildman–Crippen MR) is 107 cm³/mol. The molecule has 2 aliphatic heterocycles. The first-order chi connectivity index (χ1) is 14.6. The number of anilines is 1. The lowest BCUT2D eigenvalue weighted by atomic mass is 10.1. The number of ether oxygens (including phenoxy) is 1. The molecule has 2 aliphatic rings. The SMILES string of the molecule is CCn1ncc2c(NC3CCOCC3)c(C(=O)NNC(=O)C3CCC(=O)N3)cnc21. The quantitative estimate of drug-likeness (QED) is 0.507. The molecule has 11 nitrogen and oxygen atoms in total. The van der Waals surface area contributed by atoms with Crippen LogP contribution in [0.1, 0.15) is 43.0 Å². The van der Waals surface area contributed by atoms with E-state index >= 15 is 0 Å². The van der Waals surface area contributed by atoms with Gasteiger partial charge in [0.1, 0.15) is 6.04 Å². The molecule has 0 radical (unpaired) electrons. The Labute approximate surface area is 172 Å². The molecule has 0 saturated carbocycles. The molecule has 2 aromatic heterocycles. The van der Waals surface area contributed by atoms with Crippen molar-refractivity contribution in [2.45, 2.75) is 51.2 Å². The second-order valence-corrected chi connectivity index (χ2v) is 7.38. The second kappa shape index (κ2) is 8.66. The topological polar surface area (TPSA) is 139 Å². The van der Waals surface area contributed by atoms with Crippen molar-refractivity contribution < 1.29 is 19.1 Å². The van der Waals surface area contributed by atoms with Crippen molar-refractivity contribution in [3.05, 3.63) is 18.0 Å². The van der Waals surface area contributed by atoms with Crippen molar-refractivity contribution >= 4 is 34.4 Å². The van der Waals surface area contributed by atoms with Gasteiger partial charge in [0.2, 0.25) is 5.91 Å². The van der Waals surface area contributed by atoms with E-state index in [1.165, 1.54) is 6.20 Å². The van der Waals surface area contributed by atoms with Gasteiger partial charge in [0.25, 0.3) is 11.8 Å². The number of hydrazine groups is 1. The van der Waals surface area contributed by atoms with Crippen LogP contribution >= 0.6 is 0 Å². The van der Waals surface area contributed by atoms with E-state index in [1.807, 2.05) is 6.92 Å². The fraction of sp³-hybridized carbons (Fsp3) is 0.526. The third-order valence-corrected chi connectivity index (χ3v) is 5.39. The summed E-state index contributed by atoms with van der Waals surface area (Å²) in [6, 6.07) is -0.481. The van der Waals surface area contributed by atoms with Crippen LogP contribution in [-0.4, -0.2) is 57.8 Å². The molecule has 2 saturated heterocycles. The summed E-state index contributed by atoms with van der Waals surface area (Å²) in [7, 11) is 0. The van der Waals surface area contributed by atoms with Crippen molar-refractivity contribution in [2.24, 2.45) is 0 Å². The summed E-state index contributed by atoms with van der Waals surface area (Å²) in [5.74, 6) is -1.13. The number of nitrogens with one attached hydrogen (secondary N) is 4. The van der Waals surface area contributed by atoms with Crippen molar-refractivity contribution in [3.8, 4) is 0 Å². The molecule has 4 N–H and O–H groups in total. The smallest absolute Gasteiger partial charge is 0.273 e. The van der Waals surface area contributed by atoms with Crippen LogP contribution in [-0.2, 0) is 20.9 Å². The van der Waals surface area contributed by atoms with Gasteiger partial charge >= 0.3 is 0 Å². The molecule has 0 aromatic carbocycles. The molecule has 30 heavy (non-hydrogen) atoms. The van der Waals surface area contributed by atoms with Gasteiger partial charge in [-0.25, -0.2) is 9.67 Å². The molecule has 0 bridgehead atoms. The lowest BCUT2D eigenvalue weighted by Crippen LogP contribution is -2.49. The van der Waals surface area contributed by atoms with E-state index in [-0.39, 0.29) is 11.9 Å². The van der Waals surface area contributed by atoms with Crippen LogP contribution in [0.25, 0.3) is 11.0 Å². The molecular weight excluding hydrogens is 390 g/mol. The molecule has 2 aromatic rings. The van der Waals surface area contributed by atoms with Crippen LogP contribution in [0.3, 0.4) is 0 Å². The molecular formula is C19H25N7O4. The highest BCUT2D eigenvalue weighted by Gasteiger charge is 2.28. The molecule has 1 unspecified atom stereocenters. The van der Waals surface area contributed by atoms with Gasteiger partial charge < -0.3 is 15.4 Å². The zero-order chi connectivity index (χ0) is 21.1. The third kappa shape index (κ3) is 4.06. The largest absolute Gasteiger partial charge is 0.381 e. The number of aromatic nitrogens is 3. The second-order valence-electron chi connectivity index (χ2n) is 7.38. The normalized spacial score (nSPS) is 19.5.